The topological polar surface area (TPSA) is 72.8 Å². The zero-order chi connectivity index (χ0) is 37.8. The number of esters is 2. The van der Waals surface area contributed by atoms with Crippen molar-refractivity contribution in [3.05, 3.63) is 60.8 Å². The third-order valence-corrected chi connectivity index (χ3v) is 9.28. The molecular formula is C47H82O5. The number of aliphatic hydroxyl groups excluding tert-OH is 1. The minimum absolute atomic E-state index is 0.0813. The smallest absolute Gasteiger partial charge is 0.306 e. The molecular weight excluding hydrogens is 645 g/mol. The predicted molar refractivity (Wildman–Crippen MR) is 223 cm³/mol. The first-order chi connectivity index (χ1) is 25.6. The summed E-state index contributed by atoms with van der Waals surface area (Å²) in [5.74, 6) is -0.629. The third-order valence-electron chi connectivity index (χ3n) is 9.28. The Labute approximate surface area is 321 Å². The summed E-state index contributed by atoms with van der Waals surface area (Å²) in [7, 11) is 0. The largest absolute Gasteiger partial charge is 0.462 e. The summed E-state index contributed by atoms with van der Waals surface area (Å²) in [6.45, 7) is 4.08. The molecule has 0 saturated heterocycles. The van der Waals surface area contributed by atoms with Crippen LogP contribution in [0.5, 0.6) is 0 Å². The van der Waals surface area contributed by atoms with Crippen molar-refractivity contribution in [3.8, 4) is 0 Å². The molecule has 0 aliphatic heterocycles. The molecule has 0 saturated carbocycles. The molecule has 0 aromatic carbocycles. The fraction of sp³-hybridized carbons (Fsp3) is 0.745. The number of aliphatic hydroxyl groups is 1. The molecule has 300 valence electrons. The molecule has 5 nitrogen and oxygen atoms in total. The Balaban J connectivity index is 3.61. The van der Waals surface area contributed by atoms with Crippen LogP contribution in [0, 0.1) is 0 Å². The predicted octanol–water partition coefficient (Wildman–Crippen LogP) is 14.0. The van der Waals surface area contributed by atoms with E-state index in [4.69, 9.17) is 9.47 Å². The van der Waals surface area contributed by atoms with Gasteiger partial charge in [-0.2, -0.15) is 0 Å². The number of carbonyl (C=O) groups excluding carboxylic acids is 2. The van der Waals surface area contributed by atoms with Crippen molar-refractivity contribution in [2.24, 2.45) is 0 Å². The van der Waals surface area contributed by atoms with E-state index in [0.29, 0.717) is 12.8 Å². The van der Waals surface area contributed by atoms with Gasteiger partial charge in [0.2, 0.25) is 0 Å². The van der Waals surface area contributed by atoms with Gasteiger partial charge in [0.15, 0.2) is 6.10 Å². The first kappa shape index (κ1) is 49.6. The van der Waals surface area contributed by atoms with Gasteiger partial charge in [0.1, 0.15) is 6.61 Å². The lowest BCUT2D eigenvalue weighted by Crippen LogP contribution is -2.28. The summed E-state index contributed by atoms with van der Waals surface area (Å²) >= 11 is 0. The van der Waals surface area contributed by atoms with Gasteiger partial charge in [-0.25, -0.2) is 0 Å². The van der Waals surface area contributed by atoms with E-state index in [9.17, 15) is 14.7 Å². The summed E-state index contributed by atoms with van der Waals surface area (Å²) in [6, 6.07) is 0. The van der Waals surface area contributed by atoms with Gasteiger partial charge in [-0.05, 0) is 83.5 Å². The Morgan fingerprint density at radius 1 is 0.442 bits per heavy atom. The number of carbonyl (C=O) groups is 2. The summed E-state index contributed by atoms with van der Waals surface area (Å²) in [5.41, 5.74) is 0. The van der Waals surface area contributed by atoms with Crippen LogP contribution >= 0.6 is 0 Å². The van der Waals surface area contributed by atoms with Crippen LogP contribution in [0.25, 0.3) is 0 Å². The molecule has 5 heteroatoms. The number of ether oxygens (including phenoxy) is 2. The Kier molecular flexibility index (Phi) is 41.0. The van der Waals surface area contributed by atoms with Crippen molar-refractivity contribution in [2.45, 2.75) is 213 Å². The lowest BCUT2D eigenvalue weighted by molar-refractivity contribution is -0.161. The maximum absolute atomic E-state index is 12.2. The van der Waals surface area contributed by atoms with Crippen LogP contribution in [0.2, 0.25) is 0 Å². The van der Waals surface area contributed by atoms with Crippen LogP contribution < -0.4 is 0 Å². The van der Waals surface area contributed by atoms with Gasteiger partial charge in [-0.1, -0.05) is 171 Å². The van der Waals surface area contributed by atoms with Gasteiger partial charge >= 0.3 is 11.9 Å². The monoisotopic (exact) mass is 727 g/mol. The Morgan fingerprint density at radius 2 is 0.769 bits per heavy atom. The molecule has 1 atom stereocenters. The minimum Gasteiger partial charge on any atom is -0.462 e. The van der Waals surface area contributed by atoms with Gasteiger partial charge in [-0.15, -0.1) is 0 Å². The van der Waals surface area contributed by atoms with Gasteiger partial charge in [-0.3, -0.25) is 9.59 Å². The number of allylic oxidation sites excluding steroid dienone is 10. The van der Waals surface area contributed by atoms with Crippen molar-refractivity contribution < 1.29 is 24.2 Å². The van der Waals surface area contributed by atoms with E-state index in [2.05, 4.69) is 74.6 Å². The van der Waals surface area contributed by atoms with Gasteiger partial charge < -0.3 is 14.6 Å². The number of hydrogen-bond acceptors (Lipinski definition) is 5. The Hall–Kier alpha value is -2.40. The number of unbranched alkanes of at least 4 members (excludes halogenated alkanes) is 21. The van der Waals surface area contributed by atoms with Gasteiger partial charge in [0, 0.05) is 12.8 Å². The van der Waals surface area contributed by atoms with Crippen molar-refractivity contribution in [2.75, 3.05) is 13.2 Å². The van der Waals surface area contributed by atoms with Crippen LogP contribution in [-0.4, -0.2) is 36.4 Å². The zero-order valence-corrected chi connectivity index (χ0v) is 34.1. The second-order valence-electron chi connectivity index (χ2n) is 14.4. The van der Waals surface area contributed by atoms with Crippen LogP contribution in [-0.2, 0) is 19.1 Å². The van der Waals surface area contributed by atoms with Crippen molar-refractivity contribution >= 4 is 11.9 Å². The molecule has 0 bridgehead atoms. The van der Waals surface area contributed by atoms with E-state index >= 15 is 0 Å². The van der Waals surface area contributed by atoms with E-state index < -0.39 is 6.10 Å². The molecule has 0 fully saturated rings. The molecule has 0 amide bonds. The number of rotatable bonds is 39. The molecule has 0 rings (SSSR count). The summed E-state index contributed by atoms with van der Waals surface area (Å²) in [5, 5.41) is 9.58. The van der Waals surface area contributed by atoms with Crippen molar-refractivity contribution in [1.29, 1.82) is 0 Å². The maximum Gasteiger partial charge on any atom is 0.306 e. The first-order valence-corrected chi connectivity index (χ1v) is 21.8. The zero-order valence-electron chi connectivity index (χ0n) is 34.1. The molecule has 0 spiro atoms. The average Bonchev–Trinajstić information content (AvgIpc) is 3.15. The van der Waals surface area contributed by atoms with Crippen LogP contribution in [0.3, 0.4) is 0 Å². The average molecular weight is 727 g/mol. The normalized spacial score (nSPS) is 12.8. The SMILES string of the molecule is CCCCCC=CCC=CCC=CCC=CCCCCCC(=O)O[C@@H](CO)COC(=O)CCCCCCCCCCCC=CCCCCCCCC. The molecule has 0 unspecified atom stereocenters. The lowest BCUT2D eigenvalue weighted by Gasteiger charge is -2.15. The quantitative estimate of drug-likeness (QED) is 0.0388. The van der Waals surface area contributed by atoms with Crippen molar-refractivity contribution in [3.63, 3.8) is 0 Å². The molecule has 0 aliphatic carbocycles. The van der Waals surface area contributed by atoms with E-state index in [1.54, 1.807) is 0 Å². The maximum atomic E-state index is 12.2. The van der Waals surface area contributed by atoms with Crippen molar-refractivity contribution in [1.82, 2.24) is 0 Å². The highest BCUT2D eigenvalue weighted by Crippen LogP contribution is 2.13. The van der Waals surface area contributed by atoms with Gasteiger partial charge in [0.05, 0.1) is 6.61 Å². The van der Waals surface area contributed by atoms with E-state index in [-0.39, 0.29) is 25.2 Å². The van der Waals surface area contributed by atoms with Crippen LogP contribution in [0.4, 0.5) is 0 Å². The molecule has 0 heterocycles. The second-order valence-corrected chi connectivity index (χ2v) is 14.4. The third kappa shape index (κ3) is 40.4. The highest BCUT2D eigenvalue weighted by molar-refractivity contribution is 5.70. The first-order valence-electron chi connectivity index (χ1n) is 21.8. The number of hydrogen-bond donors (Lipinski definition) is 1. The van der Waals surface area contributed by atoms with Crippen LogP contribution in [0.1, 0.15) is 206 Å². The Morgan fingerprint density at radius 3 is 1.23 bits per heavy atom. The molecule has 52 heavy (non-hydrogen) atoms. The molecule has 0 radical (unpaired) electrons. The molecule has 1 N–H and O–H groups in total. The van der Waals surface area contributed by atoms with Crippen LogP contribution in [0.15, 0.2) is 60.8 Å². The highest BCUT2D eigenvalue weighted by Gasteiger charge is 2.16. The molecule has 0 aromatic heterocycles. The Bertz CT molecular complexity index is 915. The summed E-state index contributed by atoms with van der Waals surface area (Å²) in [6.07, 6.45) is 55.7. The fourth-order valence-electron chi connectivity index (χ4n) is 5.94. The second kappa shape index (κ2) is 43.0. The van der Waals surface area contributed by atoms with Gasteiger partial charge in [0.25, 0.3) is 0 Å². The lowest BCUT2D eigenvalue weighted by atomic mass is 10.1. The van der Waals surface area contributed by atoms with E-state index in [0.717, 1.165) is 64.2 Å². The summed E-state index contributed by atoms with van der Waals surface area (Å²) < 4.78 is 10.6. The van der Waals surface area contributed by atoms with E-state index in [1.165, 1.54) is 116 Å². The highest BCUT2D eigenvalue weighted by atomic mass is 16.6. The fourth-order valence-corrected chi connectivity index (χ4v) is 5.94. The van der Waals surface area contributed by atoms with E-state index in [1.807, 2.05) is 0 Å². The minimum atomic E-state index is -0.791. The molecule has 0 aliphatic rings. The summed E-state index contributed by atoms with van der Waals surface area (Å²) in [4.78, 5) is 24.3. The molecule has 0 aromatic rings. The standard InChI is InChI=1S/C47H82O5/c1-3-5-7-9-11-13-15-17-19-21-23-25-27-29-31-33-35-37-39-41-46(49)51-44-45(43-48)52-47(50)42-40-38-36-34-32-30-28-26-24-22-20-18-16-14-12-10-8-6-4-2/h12,14,17-20,24,26,30,32,45,48H,3-11,13,15-16,21-23,25,27-29,31,33-44H2,1-2H3/t45-/m0/s1.